The summed E-state index contributed by atoms with van der Waals surface area (Å²) in [5, 5.41) is 4.93. The minimum absolute atomic E-state index is 0.127. The Hall–Kier alpha value is -0.170. The Morgan fingerprint density at radius 1 is 1.69 bits per heavy atom. The molecule has 2 atom stereocenters. The highest BCUT2D eigenvalue weighted by atomic mass is 32.2. The first-order valence-corrected chi connectivity index (χ1v) is 5.85. The molecule has 0 bridgehead atoms. The van der Waals surface area contributed by atoms with Crippen molar-refractivity contribution in [2.24, 2.45) is 11.1 Å². The molecule has 2 N–H and O–H groups in total. The number of methoxy groups -OCH3 is 1. The minimum atomic E-state index is -3.45. The van der Waals surface area contributed by atoms with Crippen molar-refractivity contribution in [3.63, 3.8) is 0 Å². The van der Waals surface area contributed by atoms with Crippen molar-refractivity contribution in [1.29, 1.82) is 0 Å². The molecule has 1 aliphatic rings. The van der Waals surface area contributed by atoms with Crippen LogP contribution in [0.2, 0.25) is 0 Å². The van der Waals surface area contributed by atoms with E-state index in [1.54, 1.807) is 0 Å². The fourth-order valence-corrected chi connectivity index (χ4v) is 2.34. The standard InChI is InChI=1S/C7H15NO4S/c1-11-7(5-13(8,9)10)6-2-3-12-4-6/h6-7H,2-5H2,1H3,(H2,8,9,10). The number of rotatable bonds is 4. The maximum atomic E-state index is 10.8. The quantitative estimate of drug-likeness (QED) is 0.665. The molecule has 1 heterocycles. The van der Waals surface area contributed by atoms with E-state index in [2.05, 4.69) is 0 Å². The Balaban J connectivity index is 2.51. The van der Waals surface area contributed by atoms with Gasteiger partial charge in [0, 0.05) is 19.6 Å². The molecule has 0 saturated carbocycles. The maximum Gasteiger partial charge on any atom is 0.211 e. The summed E-state index contributed by atoms with van der Waals surface area (Å²) in [7, 11) is -1.96. The van der Waals surface area contributed by atoms with Gasteiger partial charge in [0.2, 0.25) is 10.0 Å². The molecule has 2 unspecified atom stereocenters. The molecule has 1 rings (SSSR count). The van der Waals surface area contributed by atoms with Crippen LogP contribution in [0.4, 0.5) is 0 Å². The van der Waals surface area contributed by atoms with Crippen LogP contribution < -0.4 is 5.14 Å². The molecule has 0 spiro atoms. The molecule has 5 nitrogen and oxygen atoms in total. The molecule has 6 heteroatoms. The molecule has 0 aromatic carbocycles. The SMILES string of the molecule is COC(CS(N)(=O)=O)C1CCOC1. The third-order valence-electron chi connectivity index (χ3n) is 2.19. The highest BCUT2D eigenvalue weighted by Gasteiger charge is 2.28. The Kier molecular flexibility index (Phi) is 3.66. The third kappa shape index (κ3) is 3.60. The zero-order chi connectivity index (χ0) is 9.90. The first-order chi connectivity index (χ1) is 6.03. The molecule has 1 saturated heterocycles. The van der Waals surface area contributed by atoms with Crippen LogP contribution in [-0.4, -0.2) is 40.6 Å². The monoisotopic (exact) mass is 209 g/mol. The van der Waals surface area contributed by atoms with E-state index >= 15 is 0 Å². The van der Waals surface area contributed by atoms with Gasteiger partial charge < -0.3 is 9.47 Å². The summed E-state index contributed by atoms with van der Waals surface area (Å²) >= 11 is 0. The summed E-state index contributed by atoms with van der Waals surface area (Å²) < 4.78 is 31.8. The van der Waals surface area contributed by atoms with E-state index in [4.69, 9.17) is 14.6 Å². The van der Waals surface area contributed by atoms with E-state index in [1.165, 1.54) is 7.11 Å². The number of ether oxygens (including phenoxy) is 2. The highest BCUT2D eigenvalue weighted by molar-refractivity contribution is 7.89. The lowest BCUT2D eigenvalue weighted by molar-refractivity contribution is 0.0611. The third-order valence-corrected chi connectivity index (χ3v) is 2.98. The number of nitrogens with two attached hydrogens (primary N) is 1. The van der Waals surface area contributed by atoms with Crippen LogP contribution in [0.1, 0.15) is 6.42 Å². The normalized spacial score (nSPS) is 26.2. The predicted octanol–water partition coefficient (Wildman–Crippen LogP) is -0.674. The molecule has 13 heavy (non-hydrogen) atoms. The number of hydrogen-bond donors (Lipinski definition) is 1. The molecule has 0 aliphatic carbocycles. The van der Waals surface area contributed by atoms with Gasteiger partial charge in [0.15, 0.2) is 0 Å². The van der Waals surface area contributed by atoms with Crippen molar-refractivity contribution >= 4 is 10.0 Å². The van der Waals surface area contributed by atoms with Gasteiger partial charge in [-0.05, 0) is 6.42 Å². The predicted molar refractivity (Wildman–Crippen MR) is 47.7 cm³/mol. The van der Waals surface area contributed by atoms with Gasteiger partial charge in [-0.25, -0.2) is 13.6 Å². The zero-order valence-electron chi connectivity index (χ0n) is 7.60. The summed E-state index contributed by atoms with van der Waals surface area (Å²) in [6.07, 6.45) is 0.506. The van der Waals surface area contributed by atoms with Gasteiger partial charge in [-0.2, -0.15) is 0 Å². The first-order valence-electron chi connectivity index (χ1n) is 4.14. The van der Waals surface area contributed by atoms with Gasteiger partial charge in [0.25, 0.3) is 0 Å². The van der Waals surface area contributed by atoms with E-state index in [-0.39, 0.29) is 17.8 Å². The second-order valence-electron chi connectivity index (χ2n) is 3.23. The fourth-order valence-electron chi connectivity index (χ4n) is 1.47. The lowest BCUT2D eigenvalue weighted by Gasteiger charge is -2.19. The molecule has 0 radical (unpaired) electrons. The summed E-state index contributed by atoms with van der Waals surface area (Å²) in [5.41, 5.74) is 0. The average Bonchev–Trinajstić information content (AvgIpc) is 2.50. The van der Waals surface area contributed by atoms with Gasteiger partial charge in [-0.3, -0.25) is 0 Å². The Morgan fingerprint density at radius 2 is 2.38 bits per heavy atom. The average molecular weight is 209 g/mol. The van der Waals surface area contributed by atoms with Crippen LogP contribution >= 0.6 is 0 Å². The molecule has 0 aromatic rings. The van der Waals surface area contributed by atoms with E-state index in [0.717, 1.165) is 6.42 Å². The minimum Gasteiger partial charge on any atom is -0.381 e. The molecule has 0 aromatic heterocycles. The van der Waals surface area contributed by atoms with Gasteiger partial charge in [-0.15, -0.1) is 0 Å². The summed E-state index contributed by atoms with van der Waals surface area (Å²) in [5.74, 6) is 0.0284. The van der Waals surface area contributed by atoms with Crippen molar-refractivity contribution in [2.75, 3.05) is 26.1 Å². The van der Waals surface area contributed by atoms with Crippen molar-refractivity contribution in [3.8, 4) is 0 Å². The Bertz CT molecular complexity index is 245. The Morgan fingerprint density at radius 3 is 2.77 bits per heavy atom. The summed E-state index contributed by atoms with van der Waals surface area (Å²) in [6, 6.07) is 0. The topological polar surface area (TPSA) is 78.6 Å². The molecule has 1 fully saturated rings. The van der Waals surface area contributed by atoms with E-state index in [9.17, 15) is 8.42 Å². The van der Waals surface area contributed by atoms with E-state index in [1.807, 2.05) is 0 Å². The van der Waals surface area contributed by atoms with Crippen molar-refractivity contribution < 1.29 is 17.9 Å². The second kappa shape index (κ2) is 4.36. The highest BCUT2D eigenvalue weighted by Crippen LogP contribution is 2.19. The van der Waals surface area contributed by atoms with Crippen LogP contribution in [0.25, 0.3) is 0 Å². The van der Waals surface area contributed by atoms with E-state index in [0.29, 0.717) is 13.2 Å². The number of hydrogen-bond acceptors (Lipinski definition) is 4. The van der Waals surface area contributed by atoms with Gasteiger partial charge >= 0.3 is 0 Å². The number of primary sulfonamides is 1. The van der Waals surface area contributed by atoms with Crippen LogP contribution in [0, 0.1) is 5.92 Å². The van der Waals surface area contributed by atoms with Gasteiger partial charge in [0.1, 0.15) is 0 Å². The molecule has 0 amide bonds. The summed E-state index contributed by atoms with van der Waals surface area (Å²) in [4.78, 5) is 0. The Labute approximate surface area is 78.3 Å². The maximum absolute atomic E-state index is 10.8. The van der Waals surface area contributed by atoms with Gasteiger partial charge in [0.05, 0.1) is 18.5 Å². The van der Waals surface area contributed by atoms with Crippen molar-refractivity contribution in [2.45, 2.75) is 12.5 Å². The van der Waals surface area contributed by atoms with Crippen LogP contribution in [-0.2, 0) is 19.5 Å². The number of sulfonamides is 1. The molecular weight excluding hydrogens is 194 g/mol. The molecule has 1 aliphatic heterocycles. The lowest BCUT2D eigenvalue weighted by Crippen LogP contribution is -2.34. The zero-order valence-corrected chi connectivity index (χ0v) is 8.42. The second-order valence-corrected chi connectivity index (χ2v) is 4.89. The fraction of sp³-hybridized carbons (Fsp3) is 1.00. The summed E-state index contributed by atoms with van der Waals surface area (Å²) in [6.45, 7) is 1.24. The van der Waals surface area contributed by atoms with Crippen LogP contribution in [0.15, 0.2) is 0 Å². The van der Waals surface area contributed by atoms with Crippen LogP contribution in [0.3, 0.4) is 0 Å². The van der Waals surface area contributed by atoms with Crippen molar-refractivity contribution in [1.82, 2.24) is 0 Å². The smallest absolute Gasteiger partial charge is 0.211 e. The van der Waals surface area contributed by atoms with Crippen LogP contribution in [0.5, 0.6) is 0 Å². The van der Waals surface area contributed by atoms with Crippen molar-refractivity contribution in [3.05, 3.63) is 0 Å². The molecular formula is C7H15NO4S. The lowest BCUT2D eigenvalue weighted by atomic mass is 10.0. The molecule has 78 valence electrons. The first kappa shape index (κ1) is 10.9. The van der Waals surface area contributed by atoms with Gasteiger partial charge in [-0.1, -0.05) is 0 Å². The largest absolute Gasteiger partial charge is 0.381 e. The van der Waals surface area contributed by atoms with E-state index < -0.39 is 10.0 Å².